The number of hydrogen-bond acceptors (Lipinski definition) is 2. The molecule has 3 aromatic carbocycles. The number of carbonyl (C=O) groups is 1. The third kappa shape index (κ3) is 5.27. The molecule has 1 N–H and O–H groups in total. The summed E-state index contributed by atoms with van der Waals surface area (Å²) in [5, 5.41) is 1.11. The number of rotatable bonds is 8. The number of alkyl halides is 3. The molecule has 0 radical (unpaired) electrons. The molecule has 1 aliphatic rings. The summed E-state index contributed by atoms with van der Waals surface area (Å²) in [6.07, 6.45) is -0.886. The molecule has 1 aromatic heterocycles. The molecule has 40 heavy (non-hydrogen) atoms. The van der Waals surface area contributed by atoms with Crippen molar-refractivity contribution < 1.29 is 18.0 Å². The van der Waals surface area contributed by atoms with Crippen LogP contribution in [0.5, 0.6) is 0 Å². The van der Waals surface area contributed by atoms with Crippen molar-refractivity contribution in [3.8, 4) is 0 Å². The molecule has 0 saturated heterocycles. The molecular formula is C33H36F3N3O. The van der Waals surface area contributed by atoms with Crippen LogP contribution in [0.15, 0.2) is 78.9 Å². The van der Waals surface area contributed by atoms with E-state index >= 15 is 0 Å². The second-order valence-electron chi connectivity index (χ2n) is 11.0. The maximum Gasteiger partial charge on any atom is 0.417 e. The van der Waals surface area contributed by atoms with E-state index in [1.165, 1.54) is 23.8 Å². The van der Waals surface area contributed by atoms with E-state index in [1.807, 2.05) is 36.4 Å². The fourth-order valence-electron chi connectivity index (χ4n) is 6.40. The zero-order chi connectivity index (χ0) is 28.5. The van der Waals surface area contributed by atoms with E-state index in [4.69, 9.17) is 0 Å². The molecule has 2 atom stereocenters. The van der Waals surface area contributed by atoms with Gasteiger partial charge in [0, 0.05) is 28.7 Å². The van der Waals surface area contributed by atoms with Gasteiger partial charge in [-0.25, -0.2) is 0 Å². The predicted octanol–water partition coefficient (Wildman–Crippen LogP) is 7.66. The summed E-state index contributed by atoms with van der Waals surface area (Å²) in [5.41, 5.74) is 2.96. The number of H-pyrrole nitrogens is 1. The smallest absolute Gasteiger partial charge is 0.356 e. The standard InChI is InChI=1S/C33H36F3N3O/c1-4-32(38(2)3,22-23-12-6-5-7-13-23)20-18-29-30-25(24-14-9-11-17-28(24)37-30)19-21-39(29)31(40)26-15-8-10-16-27(26)33(34,35)36/h5-17,29,37H,4,18-22H2,1-3H3. The summed E-state index contributed by atoms with van der Waals surface area (Å²) < 4.78 is 41.7. The molecule has 0 fully saturated rings. The van der Waals surface area contributed by atoms with Crippen LogP contribution in [-0.2, 0) is 19.0 Å². The highest BCUT2D eigenvalue weighted by molar-refractivity contribution is 5.97. The highest BCUT2D eigenvalue weighted by atomic mass is 19.4. The predicted molar refractivity (Wildman–Crippen MR) is 153 cm³/mol. The van der Waals surface area contributed by atoms with Gasteiger partial charge in [-0.1, -0.05) is 67.6 Å². The van der Waals surface area contributed by atoms with Crippen LogP contribution >= 0.6 is 0 Å². The van der Waals surface area contributed by atoms with Crippen molar-refractivity contribution in [2.24, 2.45) is 0 Å². The van der Waals surface area contributed by atoms with Gasteiger partial charge in [0.15, 0.2) is 0 Å². The summed E-state index contributed by atoms with van der Waals surface area (Å²) >= 11 is 0. The van der Waals surface area contributed by atoms with Crippen molar-refractivity contribution in [3.63, 3.8) is 0 Å². The first-order valence-electron chi connectivity index (χ1n) is 13.9. The normalized spacial score (nSPS) is 17.2. The zero-order valence-corrected chi connectivity index (χ0v) is 23.3. The number of nitrogens with zero attached hydrogens (tertiary/aromatic N) is 2. The zero-order valence-electron chi connectivity index (χ0n) is 23.3. The van der Waals surface area contributed by atoms with Gasteiger partial charge in [-0.3, -0.25) is 4.79 Å². The van der Waals surface area contributed by atoms with Gasteiger partial charge in [-0.05, 0) is 75.5 Å². The number of nitrogens with one attached hydrogen (secondary N) is 1. The molecule has 7 heteroatoms. The SMILES string of the molecule is CCC(CCC1c2[nH]c3ccccc3c2CCN1C(=O)c1ccccc1C(F)(F)F)(Cc1ccccc1)N(C)C. The number of likely N-dealkylation sites (N-methyl/N-ethyl adjacent to an activating group) is 1. The highest BCUT2D eigenvalue weighted by Crippen LogP contribution is 2.41. The van der Waals surface area contributed by atoms with E-state index in [-0.39, 0.29) is 17.1 Å². The van der Waals surface area contributed by atoms with Crippen molar-refractivity contribution in [2.75, 3.05) is 20.6 Å². The van der Waals surface area contributed by atoms with Crippen LogP contribution in [0.1, 0.15) is 65.0 Å². The average Bonchev–Trinajstić information content (AvgIpc) is 3.33. The van der Waals surface area contributed by atoms with Gasteiger partial charge in [0.25, 0.3) is 5.91 Å². The quantitative estimate of drug-likeness (QED) is 0.246. The molecule has 4 nitrogen and oxygen atoms in total. The summed E-state index contributed by atoms with van der Waals surface area (Å²) in [4.78, 5) is 21.4. The van der Waals surface area contributed by atoms with Crippen LogP contribution in [0, 0.1) is 0 Å². The number of amides is 1. The fourth-order valence-corrected chi connectivity index (χ4v) is 6.40. The number of aromatic nitrogens is 1. The molecule has 5 rings (SSSR count). The maximum atomic E-state index is 13.9. The van der Waals surface area contributed by atoms with E-state index in [0.29, 0.717) is 19.4 Å². The number of halogens is 3. The molecule has 0 bridgehead atoms. The number of carbonyl (C=O) groups excluding carboxylic acids is 1. The summed E-state index contributed by atoms with van der Waals surface area (Å²) in [7, 11) is 4.17. The van der Waals surface area contributed by atoms with Crippen LogP contribution in [0.2, 0.25) is 0 Å². The molecule has 1 amide bonds. The fraction of sp³-hybridized carbons (Fsp3) is 0.364. The van der Waals surface area contributed by atoms with Crippen molar-refractivity contribution in [3.05, 3.63) is 107 Å². The molecule has 210 valence electrons. The lowest BCUT2D eigenvalue weighted by Gasteiger charge is -2.43. The van der Waals surface area contributed by atoms with Crippen molar-refractivity contribution in [1.29, 1.82) is 0 Å². The van der Waals surface area contributed by atoms with E-state index in [1.54, 1.807) is 4.90 Å². The lowest BCUT2D eigenvalue weighted by molar-refractivity contribution is -0.138. The van der Waals surface area contributed by atoms with Crippen LogP contribution in [0.25, 0.3) is 10.9 Å². The van der Waals surface area contributed by atoms with Crippen molar-refractivity contribution >= 4 is 16.8 Å². The number of hydrogen-bond donors (Lipinski definition) is 1. The van der Waals surface area contributed by atoms with Gasteiger partial charge >= 0.3 is 6.18 Å². The Hall–Kier alpha value is -3.58. The first kappa shape index (κ1) is 28.0. The Labute approximate surface area is 233 Å². The molecule has 2 unspecified atom stereocenters. The highest BCUT2D eigenvalue weighted by Gasteiger charge is 2.41. The Morgan fingerprint density at radius 1 is 0.975 bits per heavy atom. The van der Waals surface area contributed by atoms with Crippen molar-refractivity contribution in [1.82, 2.24) is 14.8 Å². The Morgan fingerprint density at radius 2 is 1.65 bits per heavy atom. The van der Waals surface area contributed by atoms with Crippen LogP contribution in [-0.4, -0.2) is 46.9 Å². The average molecular weight is 548 g/mol. The van der Waals surface area contributed by atoms with Gasteiger partial charge in [0.2, 0.25) is 0 Å². The van der Waals surface area contributed by atoms with E-state index in [0.717, 1.165) is 47.5 Å². The Kier molecular flexibility index (Phi) is 7.78. The monoisotopic (exact) mass is 547 g/mol. The van der Waals surface area contributed by atoms with E-state index < -0.39 is 17.6 Å². The second-order valence-corrected chi connectivity index (χ2v) is 11.0. The lowest BCUT2D eigenvalue weighted by Crippen LogP contribution is -2.47. The van der Waals surface area contributed by atoms with Gasteiger partial charge in [0.1, 0.15) is 0 Å². The maximum absolute atomic E-state index is 13.9. The minimum atomic E-state index is -4.61. The number of benzene rings is 3. The minimum Gasteiger partial charge on any atom is -0.356 e. The van der Waals surface area contributed by atoms with E-state index in [2.05, 4.69) is 49.1 Å². The van der Waals surface area contributed by atoms with E-state index in [9.17, 15) is 18.0 Å². The summed E-state index contributed by atoms with van der Waals surface area (Å²) in [6.45, 7) is 2.55. The third-order valence-corrected chi connectivity index (χ3v) is 8.75. The summed E-state index contributed by atoms with van der Waals surface area (Å²) in [5.74, 6) is -0.572. The molecule has 0 aliphatic carbocycles. The van der Waals surface area contributed by atoms with Gasteiger partial charge in [-0.15, -0.1) is 0 Å². The topological polar surface area (TPSA) is 39.3 Å². The first-order chi connectivity index (χ1) is 19.1. The van der Waals surface area contributed by atoms with Crippen LogP contribution < -0.4 is 0 Å². The van der Waals surface area contributed by atoms with Crippen LogP contribution in [0.4, 0.5) is 13.2 Å². The largest absolute Gasteiger partial charge is 0.417 e. The number of fused-ring (bicyclic) bond motifs is 3. The van der Waals surface area contributed by atoms with Gasteiger partial charge in [-0.2, -0.15) is 13.2 Å². The van der Waals surface area contributed by atoms with Gasteiger partial charge < -0.3 is 14.8 Å². The molecule has 2 heterocycles. The lowest BCUT2D eigenvalue weighted by atomic mass is 9.80. The second kappa shape index (κ2) is 11.1. The summed E-state index contributed by atoms with van der Waals surface area (Å²) in [6, 6.07) is 23.2. The first-order valence-corrected chi connectivity index (χ1v) is 13.9. The van der Waals surface area contributed by atoms with Crippen LogP contribution in [0.3, 0.4) is 0 Å². The van der Waals surface area contributed by atoms with Gasteiger partial charge in [0.05, 0.1) is 17.2 Å². The Balaban J connectivity index is 1.54. The van der Waals surface area contributed by atoms with Crippen molar-refractivity contribution in [2.45, 2.75) is 56.8 Å². The Bertz CT molecular complexity index is 1480. The third-order valence-electron chi connectivity index (χ3n) is 8.75. The Morgan fingerprint density at radius 3 is 2.35 bits per heavy atom. The molecule has 0 spiro atoms. The molecule has 0 saturated carbocycles. The number of para-hydroxylation sites is 1. The molecular weight excluding hydrogens is 511 g/mol. The molecule has 1 aliphatic heterocycles. The minimum absolute atomic E-state index is 0.177. The number of aromatic amines is 1. The molecule has 4 aromatic rings.